The normalized spacial score (nSPS) is 16.2. The summed E-state index contributed by atoms with van der Waals surface area (Å²) in [4.78, 5) is 15.0. The zero-order valence-electron chi connectivity index (χ0n) is 17.2. The molecule has 0 radical (unpaired) electrons. The summed E-state index contributed by atoms with van der Waals surface area (Å²) in [6.45, 7) is 3.67. The number of amides is 1. The molecule has 1 aromatic heterocycles. The van der Waals surface area contributed by atoms with Crippen LogP contribution in [0.4, 0.5) is 5.69 Å². The highest BCUT2D eigenvalue weighted by atomic mass is 16.5. The Bertz CT molecular complexity index is 981. The first-order chi connectivity index (χ1) is 14.7. The van der Waals surface area contributed by atoms with Crippen molar-refractivity contribution < 1.29 is 13.9 Å². The Morgan fingerprint density at radius 1 is 1.10 bits per heavy atom. The van der Waals surface area contributed by atoms with E-state index in [2.05, 4.69) is 27.3 Å². The monoisotopic (exact) mass is 406 g/mol. The van der Waals surface area contributed by atoms with Gasteiger partial charge in [-0.2, -0.15) is 0 Å². The third-order valence-electron chi connectivity index (χ3n) is 5.63. The van der Waals surface area contributed by atoms with Crippen LogP contribution < -0.4 is 10.1 Å². The van der Waals surface area contributed by atoms with E-state index >= 15 is 0 Å². The fraction of sp³-hybridized carbons (Fsp3) is 0.348. The first kappa shape index (κ1) is 20.1. The quantitative estimate of drug-likeness (QED) is 0.662. The van der Waals surface area contributed by atoms with Crippen LogP contribution in [0.15, 0.2) is 59.0 Å². The molecule has 2 heterocycles. The van der Waals surface area contributed by atoms with Gasteiger partial charge in [0, 0.05) is 11.5 Å². The maximum absolute atomic E-state index is 12.7. The summed E-state index contributed by atoms with van der Waals surface area (Å²) >= 11 is 0. The summed E-state index contributed by atoms with van der Waals surface area (Å²) in [5, 5.41) is 11.4. The average molecular weight is 406 g/mol. The lowest BCUT2D eigenvalue weighted by molar-refractivity contribution is -0.121. The molecule has 0 aliphatic carbocycles. The number of piperidine rings is 1. The van der Waals surface area contributed by atoms with Crippen molar-refractivity contribution >= 4 is 11.6 Å². The van der Waals surface area contributed by atoms with Gasteiger partial charge in [0.05, 0.1) is 18.8 Å². The zero-order chi connectivity index (χ0) is 20.9. The Labute approximate surface area is 176 Å². The molecular formula is C23H26N4O3. The van der Waals surface area contributed by atoms with Gasteiger partial charge >= 0.3 is 0 Å². The predicted molar refractivity (Wildman–Crippen MR) is 114 cm³/mol. The van der Waals surface area contributed by atoms with Gasteiger partial charge in [-0.1, -0.05) is 30.3 Å². The first-order valence-corrected chi connectivity index (χ1v) is 10.2. The minimum absolute atomic E-state index is 0.00758. The van der Waals surface area contributed by atoms with E-state index in [1.54, 1.807) is 7.11 Å². The fourth-order valence-electron chi connectivity index (χ4n) is 3.79. The van der Waals surface area contributed by atoms with Crippen molar-refractivity contribution in [1.29, 1.82) is 0 Å². The standard InChI is InChI=1S/C23H26N4O3/c1-16(22-25-26-23(30-22)18-8-4-3-5-9-18)27-14-12-17(13-15-27)21(28)24-19-10-6-7-11-20(19)29-2/h3-11,16-17H,12-15H2,1-2H3,(H,24,28). The third-order valence-corrected chi connectivity index (χ3v) is 5.63. The van der Waals surface area contributed by atoms with Crippen LogP contribution in [0.2, 0.25) is 0 Å². The van der Waals surface area contributed by atoms with Gasteiger partial charge in [-0.05, 0) is 57.1 Å². The second-order valence-electron chi connectivity index (χ2n) is 7.49. The van der Waals surface area contributed by atoms with Crippen LogP contribution in [-0.2, 0) is 4.79 Å². The van der Waals surface area contributed by atoms with E-state index in [0.717, 1.165) is 31.5 Å². The van der Waals surface area contributed by atoms with Crippen LogP contribution in [0.5, 0.6) is 5.75 Å². The highest BCUT2D eigenvalue weighted by Gasteiger charge is 2.30. The number of para-hydroxylation sites is 2. The number of nitrogens with one attached hydrogen (secondary N) is 1. The summed E-state index contributed by atoms with van der Waals surface area (Å²) in [7, 11) is 1.60. The van der Waals surface area contributed by atoms with E-state index in [1.807, 2.05) is 54.6 Å². The number of carbonyl (C=O) groups excluding carboxylic acids is 1. The van der Waals surface area contributed by atoms with E-state index in [-0.39, 0.29) is 17.9 Å². The summed E-state index contributed by atoms with van der Waals surface area (Å²) in [6, 6.07) is 17.2. The summed E-state index contributed by atoms with van der Waals surface area (Å²) in [5.41, 5.74) is 1.62. The molecule has 156 valence electrons. The van der Waals surface area contributed by atoms with Gasteiger partial charge in [0.15, 0.2) is 0 Å². The number of methoxy groups -OCH3 is 1. The average Bonchev–Trinajstić information content (AvgIpc) is 3.30. The molecule has 1 aliphatic heterocycles. The number of nitrogens with zero attached hydrogens (tertiary/aromatic N) is 3. The van der Waals surface area contributed by atoms with Crippen molar-refractivity contribution in [3.8, 4) is 17.2 Å². The number of benzene rings is 2. The number of ether oxygens (including phenoxy) is 1. The van der Waals surface area contributed by atoms with Gasteiger partial charge in [-0.3, -0.25) is 9.69 Å². The molecule has 1 fully saturated rings. The highest BCUT2D eigenvalue weighted by Crippen LogP contribution is 2.29. The van der Waals surface area contributed by atoms with Crippen molar-refractivity contribution in [3.05, 3.63) is 60.5 Å². The maximum Gasteiger partial charge on any atom is 0.247 e. The van der Waals surface area contributed by atoms with Crippen LogP contribution in [-0.4, -0.2) is 41.2 Å². The molecule has 7 nitrogen and oxygen atoms in total. The minimum atomic E-state index is -0.0269. The van der Waals surface area contributed by atoms with Gasteiger partial charge < -0.3 is 14.5 Å². The molecule has 2 aromatic carbocycles. The summed E-state index contributed by atoms with van der Waals surface area (Å²) in [6.07, 6.45) is 1.57. The molecule has 0 spiro atoms. The number of anilines is 1. The number of hydrogen-bond acceptors (Lipinski definition) is 6. The van der Waals surface area contributed by atoms with E-state index in [9.17, 15) is 4.79 Å². The topological polar surface area (TPSA) is 80.5 Å². The molecule has 1 aliphatic rings. The number of hydrogen-bond donors (Lipinski definition) is 1. The smallest absolute Gasteiger partial charge is 0.247 e. The first-order valence-electron chi connectivity index (χ1n) is 10.2. The van der Waals surface area contributed by atoms with E-state index in [4.69, 9.17) is 9.15 Å². The predicted octanol–water partition coefficient (Wildman–Crippen LogP) is 4.16. The van der Waals surface area contributed by atoms with Crippen LogP contribution in [0.3, 0.4) is 0 Å². The number of likely N-dealkylation sites (tertiary alicyclic amines) is 1. The molecule has 0 saturated carbocycles. The Morgan fingerprint density at radius 3 is 2.53 bits per heavy atom. The Hall–Kier alpha value is -3.19. The molecule has 30 heavy (non-hydrogen) atoms. The number of carbonyl (C=O) groups is 1. The van der Waals surface area contributed by atoms with Gasteiger partial charge in [-0.25, -0.2) is 0 Å². The van der Waals surface area contributed by atoms with Crippen molar-refractivity contribution in [2.45, 2.75) is 25.8 Å². The summed E-state index contributed by atoms with van der Waals surface area (Å²) in [5.74, 6) is 1.81. The maximum atomic E-state index is 12.7. The lowest BCUT2D eigenvalue weighted by Crippen LogP contribution is -2.39. The summed E-state index contributed by atoms with van der Waals surface area (Å²) < 4.78 is 11.2. The number of aromatic nitrogens is 2. The second kappa shape index (κ2) is 9.09. The van der Waals surface area contributed by atoms with Gasteiger partial charge in [0.25, 0.3) is 0 Å². The molecule has 1 amide bonds. The van der Waals surface area contributed by atoms with Crippen LogP contribution >= 0.6 is 0 Å². The zero-order valence-corrected chi connectivity index (χ0v) is 17.2. The second-order valence-corrected chi connectivity index (χ2v) is 7.49. The molecule has 4 rings (SSSR count). The molecule has 0 bridgehead atoms. The molecule has 1 saturated heterocycles. The Kier molecular flexibility index (Phi) is 6.09. The molecular weight excluding hydrogens is 380 g/mol. The van der Waals surface area contributed by atoms with Gasteiger partial charge in [0.1, 0.15) is 5.75 Å². The Morgan fingerprint density at radius 2 is 1.80 bits per heavy atom. The SMILES string of the molecule is COc1ccccc1NC(=O)C1CCN(C(C)c2nnc(-c3ccccc3)o2)CC1. The van der Waals surface area contributed by atoms with Gasteiger partial charge in [0.2, 0.25) is 17.7 Å². The van der Waals surface area contributed by atoms with Crippen molar-refractivity contribution in [2.24, 2.45) is 5.92 Å². The molecule has 7 heteroatoms. The van der Waals surface area contributed by atoms with Crippen LogP contribution in [0.25, 0.3) is 11.5 Å². The van der Waals surface area contributed by atoms with Crippen molar-refractivity contribution in [1.82, 2.24) is 15.1 Å². The van der Waals surface area contributed by atoms with Crippen LogP contribution in [0.1, 0.15) is 31.7 Å². The lowest BCUT2D eigenvalue weighted by Gasteiger charge is -2.34. The minimum Gasteiger partial charge on any atom is -0.495 e. The third kappa shape index (κ3) is 4.36. The molecule has 1 atom stereocenters. The lowest BCUT2D eigenvalue weighted by atomic mass is 9.95. The molecule has 3 aromatic rings. The largest absolute Gasteiger partial charge is 0.495 e. The van der Waals surface area contributed by atoms with E-state index in [1.165, 1.54) is 0 Å². The highest BCUT2D eigenvalue weighted by molar-refractivity contribution is 5.94. The number of rotatable bonds is 6. The van der Waals surface area contributed by atoms with Crippen molar-refractivity contribution in [2.75, 3.05) is 25.5 Å². The van der Waals surface area contributed by atoms with E-state index in [0.29, 0.717) is 23.2 Å². The Balaban J connectivity index is 1.34. The van der Waals surface area contributed by atoms with Crippen molar-refractivity contribution in [3.63, 3.8) is 0 Å². The molecule has 1 unspecified atom stereocenters. The van der Waals surface area contributed by atoms with E-state index < -0.39 is 0 Å². The molecule has 1 N–H and O–H groups in total. The van der Waals surface area contributed by atoms with Crippen LogP contribution in [0, 0.1) is 5.92 Å². The van der Waals surface area contributed by atoms with Gasteiger partial charge in [-0.15, -0.1) is 10.2 Å². The fourth-order valence-corrected chi connectivity index (χ4v) is 3.79.